The van der Waals surface area contributed by atoms with Crippen LogP contribution in [0.4, 0.5) is 10.1 Å². The SMILES string of the molecule is Cc1nc2c([nH]1)CCCc1[nH]cc(C(=O)Nc3ccccc3F)c1-2. The van der Waals surface area contributed by atoms with Crippen molar-refractivity contribution in [3.8, 4) is 11.3 Å². The first-order chi connectivity index (χ1) is 11.6. The highest BCUT2D eigenvalue weighted by Crippen LogP contribution is 2.34. The lowest BCUT2D eigenvalue weighted by Gasteiger charge is -2.07. The summed E-state index contributed by atoms with van der Waals surface area (Å²) >= 11 is 0. The monoisotopic (exact) mass is 324 g/mol. The molecule has 2 heterocycles. The second kappa shape index (κ2) is 5.63. The van der Waals surface area contributed by atoms with Crippen LogP contribution in [0, 0.1) is 12.7 Å². The molecule has 1 aliphatic carbocycles. The molecule has 0 unspecified atom stereocenters. The van der Waals surface area contributed by atoms with E-state index in [1.165, 1.54) is 6.07 Å². The Kier molecular flexibility index (Phi) is 3.45. The van der Waals surface area contributed by atoms with Crippen molar-refractivity contribution >= 4 is 11.6 Å². The van der Waals surface area contributed by atoms with E-state index in [9.17, 15) is 9.18 Å². The number of aromatic nitrogens is 3. The average Bonchev–Trinajstić information content (AvgIpc) is 3.09. The van der Waals surface area contributed by atoms with E-state index in [4.69, 9.17) is 0 Å². The van der Waals surface area contributed by atoms with Crippen molar-refractivity contribution in [2.75, 3.05) is 5.32 Å². The summed E-state index contributed by atoms with van der Waals surface area (Å²) in [6, 6.07) is 6.14. The number of imidazole rings is 1. The van der Waals surface area contributed by atoms with Gasteiger partial charge in [-0.2, -0.15) is 0 Å². The van der Waals surface area contributed by atoms with E-state index in [0.717, 1.165) is 47.7 Å². The van der Waals surface area contributed by atoms with Crippen molar-refractivity contribution < 1.29 is 9.18 Å². The number of nitrogens with zero attached hydrogens (tertiary/aromatic N) is 1. The van der Waals surface area contributed by atoms with Crippen LogP contribution < -0.4 is 5.32 Å². The lowest BCUT2D eigenvalue weighted by molar-refractivity contribution is 0.102. The van der Waals surface area contributed by atoms with E-state index in [0.29, 0.717) is 5.56 Å². The smallest absolute Gasteiger partial charge is 0.257 e. The third-order valence-electron chi connectivity index (χ3n) is 4.32. The van der Waals surface area contributed by atoms with Crippen molar-refractivity contribution in [3.05, 3.63) is 59.1 Å². The number of aryl methyl sites for hydroxylation is 3. The number of carbonyl (C=O) groups is 1. The van der Waals surface area contributed by atoms with E-state index in [1.54, 1.807) is 24.4 Å². The second-order valence-electron chi connectivity index (χ2n) is 5.99. The van der Waals surface area contributed by atoms with Gasteiger partial charge in [-0.05, 0) is 38.3 Å². The quantitative estimate of drug-likeness (QED) is 0.674. The zero-order chi connectivity index (χ0) is 16.7. The number of rotatable bonds is 2. The number of nitrogens with one attached hydrogen (secondary N) is 3. The largest absolute Gasteiger partial charge is 0.364 e. The molecule has 4 rings (SSSR count). The Morgan fingerprint density at radius 1 is 1.25 bits per heavy atom. The van der Waals surface area contributed by atoms with Gasteiger partial charge in [0.15, 0.2) is 0 Å². The van der Waals surface area contributed by atoms with Crippen molar-refractivity contribution in [2.45, 2.75) is 26.2 Å². The van der Waals surface area contributed by atoms with Crippen LogP contribution in [0.25, 0.3) is 11.3 Å². The third-order valence-corrected chi connectivity index (χ3v) is 4.32. The summed E-state index contributed by atoms with van der Waals surface area (Å²) in [7, 11) is 0. The fourth-order valence-corrected chi connectivity index (χ4v) is 3.24. The zero-order valence-electron chi connectivity index (χ0n) is 13.2. The first kappa shape index (κ1) is 14.7. The predicted molar refractivity (Wildman–Crippen MR) is 89.5 cm³/mol. The molecule has 2 aromatic heterocycles. The number of H-pyrrole nitrogens is 2. The van der Waals surface area contributed by atoms with Crippen LogP contribution in [0.3, 0.4) is 0 Å². The Morgan fingerprint density at radius 2 is 2.04 bits per heavy atom. The number of hydrogen-bond acceptors (Lipinski definition) is 2. The minimum Gasteiger partial charge on any atom is -0.364 e. The maximum atomic E-state index is 13.8. The molecule has 0 saturated carbocycles. The molecule has 0 saturated heterocycles. The molecule has 3 aromatic rings. The number of benzene rings is 1. The fraction of sp³-hybridized carbons (Fsp3) is 0.222. The number of halogens is 1. The molecule has 1 aromatic carbocycles. The molecule has 122 valence electrons. The summed E-state index contributed by atoms with van der Waals surface area (Å²) in [5.74, 6) is 0.0318. The Hall–Kier alpha value is -2.89. The minimum absolute atomic E-state index is 0.171. The van der Waals surface area contributed by atoms with Crippen LogP contribution in [0.2, 0.25) is 0 Å². The first-order valence-electron chi connectivity index (χ1n) is 7.95. The van der Waals surface area contributed by atoms with Gasteiger partial charge in [-0.1, -0.05) is 12.1 Å². The standard InChI is InChI=1S/C18H17FN4O/c1-10-21-15-8-4-7-14-16(17(15)22-10)11(9-20-14)18(24)23-13-6-3-2-5-12(13)19/h2-3,5-6,9,20H,4,7-8H2,1H3,(H,21,22)(H,23,24). The molecule has 1 amide bonds. The molecule has 0 fully saturated rings. The van der Waals surface area contributed by atoms with Crippen molar-refractivity contribution in [2.24, 2.45) is 0 Å². The number of anilines is 1. The van der Waals surface area contributed by atoms with Crippen molar-refractivity contribution in [3.63, 3.8) is 0 Å². The van der Waals surface area contributed by atoms with Crippen LogP contribution in [0.1, 0.15) is 34.0 Å². The number of para-hydroxylation sites is 1. The molecule has 0 bridgehead atoms. The summed E-state index contributed by atoms with van der Waals surface area (Å²) in [6.45, 7) is 1.90. The number of aromatic amines is 2. The maximum absolute atomic E-state index is 13.8. The van der Waals surface area contributed by atoms with Gasteiger partial charge in [-0.3, -0.25) is 4.79 Å². The Bertz CT molecular complexity index is 925. The van der Waals surface area contributed by atoms with E-state index in [-0.39, 0.29) is 11.6 Å². The van der Waals surface area contributed by atoms with Crippen molar-refractivity contribution in [1.29, 1.82) is 0 Å². The zero-order valence-corrected chi connectivity index (χ0v) is 13.2. The van der Waals surface area contributed by atoms with E-state index in [2.05, 4.69) is 20.3 Å². The molecular weight excluding hydrogens is 307 g/mol. The number of carbonyl (C=O) groups excluding carboxylic acids is 1. The number of amides is 1. The van der Waals surface area contributed by atoms with Gasteiger partial charge in [-0.25, -0.2) is 9.37 Å². The highest BCUT2D eigenvalue weighted by atomic mass is 19.1. The normalized spacial score (nSPS) is 13.1. The summed E-state index contributed by atoms with van der Waals surface area (Å²) in [5.41, 5.74) is 4.35. The molecule has 6 heteroatoms. The molecule has 0 atom stereocenters. The lowest BCUT2D eigenvalue weighted by Crippen LogP contribution is -2.13. The number of hydrogen-bond donors (Lipinski definition) is 3. The summed E-state index contributed by atoms with van der Waals surface area (Å²) in [4.78, 5) is 23.7. The predicted octanol–water partition coefficient (Wildman–Crippen LogP) is 3.59. The van der Waals surface area contributed by atoms with Gasteiger partial charge in [0.25, 0.3) is 5.91 Å². The van der Waals surface area contributed by atoms with Gasteiger partial charge in [-0.15, -0.1) is 0 Å². The summed E-state index contributed by atoms with van der Waals surface area (Å²) in [5, 5.41) is 2.65. The second-order valence-corrected chi connectivity index (χ2v) is 5.99. The van der Waals surface area contributed by atoms with Crippen LogP contribution >= 0.6 is 0 Å². The van der Waals surface area contributed by atoms with Gasteiger partial charge in [0.1, 0.15) is 11.6 Å². The van der Waals surface area contributed by atoms with Gasteiger partial charge >= 0.3 is 0 Å². The molecule has 0 radical (unpaired) electrons. The van der Waals surface area contributed by atoms with Gasteiger partial charge < -0.3 is 15.3 Å². The highest BCUT2D eigenvalue weighted by Gasteiger charge is 2.25. The highest BCUT2D eigenvalue weighted by molar-refractivity contribution is 6.09. The Morgan fingerprint density at radius 3 is 2.88 bits per heavy atom. The Labute approximate surface area is 138 Å². The van der Waals surface area contributed by atoms with E-state index >= 15 is 0 Å². The van der Waals surface area contributed by atoms with Gasteiger partial charge in [0, 0.05) is 23.1 Å². The van der Waals surface area contributed by atoms with Crippen LogP contribution in [-0.4, -0.2) is 20.9 Å². The van der Waals surface area contributed by atoms with Gasteiger partial charge in [0.05, 0.1) is 16.9 Å². The molecule has 0 aliphatic heterocycles. The molecule has 24 heavy (non-hydrogen) atoms. The van der Waals surface area contributed by atoms with Crippen LogP contribution in [-0.2, 0) is 12.8 Å². The Balaban J connectivity index is 1.75. The van der Waals surface area contributed by atoms with Crippen LogP contribution in [0.5, 0.6) is 0 Å². The topological polar surface area (TPSA) is 73.6 Å². The minimum atomic E-state index is -0.455. The summed E-state index contributed by atoms with van der Waals surface area (Å²) in [6.07, 6.45) is 4.41. The lowest BCUT2D eigenvalue weighted by atomic mass is 10.1. The first-order valence-corrected chi connectivity index (χ1v) is 7.95. The average molecular weight is 324 g/mol. The van der Waals surface area contributed by atoms with Gasteiger partial charge in [0.2, 0.25) is 0 Å². The van der Waals surface area contributed by atoms with Crippen LogP contribution in [0.15, 0.2) is 30.5 Å². The van der Waals surface area contributed by atoms with E-state index < -0.39 is 5.82 Å². The maximum Gasteiger partial charge on any atom is 0.257 e. The molecule has 0 spiro atoms. The molecule has 5 nitrogen and oxygen atoms in total. The van der Waals surface area contributed by atoms with E-state index in [1.807, 2.05) is 6.92 Å². The van der Waals surface area contributed by atoms with Crippen molar-refractivity contribution in [1.82, 2.24) is 15.0 Å². The summed E-state index contributed by atoms with van der Waals surface area (Å²) < 4.78 is 13.8. The molecule has 3 N–H and O–H groups in total. The number of fused-ring (bicyclic) bond motifs is 3. The molecular formula is C18H17FN4O. The molecule has 1 aliphatic rings. The fourth-order valence-electron chi connectivity index (χ4n) is 3.24. The third kappa shape index (κ3) is 2.40.